The summed E-state index contributed by atoms with van der Waals surface area (Å²) in [6, 6.07) is 8.37. The van der Waals surface area contributed by atoms with Gasteiger partial charge in [-0.05, 0) is 25.0 Å². The Morgan fingerprint density at radius 1 is 1.29 bits per heavy atom. The Balaban J connectivity index is 1.96. The van der Waals surface area contributed by atoms with E-state index in [9.17, 15) is 0 Å². The van der Waals surface area contributed by atoms with Crippen LogP contribution in [0.3, 0.4) is 0 Å². The first-order valence-electron chi connectivity index (χ1n) is 7.23. The van der Waals surface area contributed by atoms with Gasteiger partial charge in [0.05, 0.1) is 12.7 Å². The van der Waals surface area contributed by atoms with Gasteiger partial charge < -0.3 is 10.6 Å². The van der Waals surface area contributed by atoms with E-state index in [4.69, 9.17) is 0 Å². The van der Waals surface area contributed by atoms with Crippen molar-refractivity contribution < 1.29 is 0 Å². The lowest BCUT2D eigenvalue weighted by molar-refractivity contribution is 0.766. The summed E-state index contributed by atoms with van der Waals surface area (Å²) >= 11 is 0. The van der Waals surface area contributed by atoms with E-state index in [1.165, 1.54) is 11.1 Å². The SMILES string of the molecule is CCNC(=NCc1cnn(C)c1)NCc1ccccc1C. The van der Waals surface area contributed by atoms with Gasteiger partial charge >= 0.3 is 0 Å². The number of aromatic nitrogens is 2. The molecular weight excluding hydrogens is 262 g/mol. The second-order valence-electron chi connectivity index (χ2n) is 5.00. The van der Waals surface area contributed by atoms with Crippen molar-refractivity contribution in [3.05, 3.63) is 53.3 Å². The van der Waals surface area contributed by atoms with Crippen molar-refractivity contribution in [2.45, 2.75) is 26.9 Å². The molecule has 0 amide bonds. The number of hydrogen-bond donors (Lipinski definition) is 2. The van der Waals surface area contributed by atoms with E-state index in [0.717, 1.165) is 24.6 Å². The van der Waals surface area contributed by atoms with E-state index >= 15 is 0 Å². The fourth-order valence-corrected chi connectivity index (χ4v) is 2.05. The molecule has 21 heavy (non-hydrogen) atoms. The van der Waals surface area contributed by atoms with Gasteiger partial charge in [-0.1, -0.05) is 24.3 Å². The monoisotopic (exact) mass is 285 g/mol. The molecule has 0 aliphatic rings. The minimum absolute atomic E-state index is 0.622. The van der Waals surface area contributed by atoms with Gasteiger partial charge in [0, 0.05) is 31.9 Å². The first kappa shape index (κ1) is 15.1. The summed E-state index contributed by atoms with van der Waals surface area (Å²) in [5.74, 6) is 0.824. The Hall–Kier alpha value is -2.30. The Morgan fingerprint density at radius 2 is 2.10 bits per heavy atom. The van der Waals surface area contributed by atoms with Gasteiger partial charge in [-0.15, -0.1) is 0 Å². The smallest absolute Gasteiger partial charge is 0.191 e. The third-order valence-corrected chi connectivity index (χ3v) is 3.23. The molecule has 0 saturated heterocycles. The van der Waals surface area contributed by atoms with Crippen LogP contribution in [-0.4, -0.2) is 22.3 Å². The lowest BCUT2D eigenvalue weighted by Crippen LogP contribution is -2.36. The van der Waals surface area contributed by atoms with Crippen LogP contribution in [0.5, 0.6) is 0 Å². The molecule has 0 bridgehead atoms. The molecule has 0 unspecified atom stereocenters. The number of nitrogens with zero attached hydrogens (tertiary/aromatic N) is 3. The van der Waals surface area contributed by atoms with Crippen LogP contribution in [0.4, 0.5) is 0 Å². The zero-order valence-electron chi connectivity index (χ0n) is 12.9. The van der Waals surface area contributed by atoms with Crippen molar-refractivity contribution in [3.8, 4) is 0 Å². The lowest BCUT2D eigenvalue weighted by Gasteiger charge is -2.12. The maximum Gasteiger partial charge on any atom is 0.191 e. The maximum absolute atomic E-state index is 4.58. The third-order valence-electron chi connectivity index (χ3n) is 3.23. The summed E-state index contributed by atoms with van der Waals surface area (Å²) in [4.78, 5) is 4.58. The highest BCUT2D eigenvalue weighted by Gasteiger charge is 2.01. The molecule has 1 aromatic heterocycles. The fourth-order valence-electron chi connectivity index (χ4n) is 2.05. The first-order valence-corrected chi connectivity index (χ1v) is 7.23. The molecule has 0 aliphatic carbocycles. The predicted octanol–water partition coefficient (Wildman–Crippen LogP) is 1.98. The van der Waals surface area contributed by atoms with E-state index in [0.29, 0.717) is 6.54 Å². The lowest BCUT2D eigenvalue weighted by atomic mass is 10.1. The Labute approximate surface area is 126 Å². The van der Waals surface area contributed by atoms with Crippen LogP contribution in [-0.2, 0) is 20.1 Å². The number of aryl methyl sites for hydroxylation is 2. The predicted molar refractivity (Wildman–Crippen MR) is 86.0 cm³/mol. The third kappa shape index (κ3) is 4.63. The Morgan fingerprint density at radius 3 is 2.76 bits per heavy atom. The molecule has 1 aromatic carbocycles. The van der Waals surface area contributed by atoms with Gasteiger partial charge in [-0.25, -0.2) is 4.99 Å². The largest absolute Gasteiger partial charge is 0.357 e. The van der Waals surface area contributed by atoms with Gasteiger partial charge in [0.1, 0.15) is 0 Å². The van der Waals surface area contributed by atoms with Crippen LogP contribution in [0.2, 0.25) is 0 Å². The minimum Gasteiger partial charge on any atom is -0.357 e. The highest BCUT2D eigenvalue weighted by Crippen LogP contribution is 2.06. The van der Waals surface area contributed by atoms with Gasteiger partial charge in [0.15, 0.2) is 5.96 Å². The molecule has 5 heteroatoms. The van der Waals surface area contributed by atoms with E-state index < -0.39 is 0 Å². The summed E-state index contributed by atoms with van der Waals surface area (Å²) in [5, 5.41) is 10.8. The number of benzene rings is 1. The second-order valence-corrected chi connectivity index (χ2v) is 5.00. The molecule has 0 aliphatic heterocycles. The number of hydrogen-bond acceptors (Lipinski definition) is 2. The van der Waals surface area contributed by atoms with Crippen LogP contribution in [0.1, 0.15) is 23.6 Å². The van der Waals surface area contributed by atoms with E-state index in [1.54, 1.807) is 4.68 Å². The van der Waals surface area contributed by atoms with Crippen LogP contribution in [0.15, 0.2) is 41.7 Å². The Kier molecular flexibility index (Phi) is 5.37. The first-order chi connectivity index (χ1) is 10.2. The summed E-state index contributed by atoms with van der Waals surface area (Å²) in [6.45, 7) is 6.42. The standard InChI is InChI=1S/C16H23N5/c1-4-17-16(18-9-14-10-20-21(3)12-14)19-11-15-8-6-5-7-13(15)2/h5-8,10,12H,4,9,11H2,1-3H3,(H2,17,18,19). The number of guanidine groups is 1. The summed E-state index contributed by atoms with van der Waals surface area (Å²) in [6.07, 6.45) is 3.82. The highest BCUT2D eigenvalue weighted by atomic mass is 15.2. The molecule has 0 fully saturated rings. The summed E-state index contributed by atoms with van der Waals surface area (Å²) < 4.78 is 1.79. The van der Waals surface area contributed by atoms with Crippen LogP contribution in [0, 0.1) is 6.92 Å². The van der Waals surface area contributed by atoms with Crippen molar-refractivity contribution in [1.82, 2.24) is 20.4 Å². The summed E-state index contributed by atoms with van der Waals surface area (Å²) in [7, 11) is 1.91. The highest BCUT2D eigenvalue weighted by molar-refractivity contribution is 5.79. The fraction of sp³-hybridized carbons (Fsp3) is 0.375. The molecule has 2 N–H and O–H groups in total. The second kappa shape index (κ2) is 7.47. The van der Waals surface area contributed by atoms with Crippen LogP contribution in [0.25, 0.3) is 0 Å². The number of aliphatic imine (C=N–C) groups is 1. The maximum atomic E-state index is 4.58. The topological polar surface area (TPSA) is 54.2 Å². The molecule has 2 aromatic rings. The zero-order valence-corrected chi connectivity index (χ0v) is 12.9. The van der Waals surface area contributed by atoms with Crippen molar-refractivity contribution in [1.29, 1.82) is 0 Å². The van der Waals surface area contributed by atoms with Crippen molar-refractivity contribution >= 4 is 5.96 Å². The number of nitrogens with one attached hydrogen (secondary N) is 2. The van der Waals surface area contributed by atoms with Crippen LogP contribution >= 0.6 is 0 Å². The quantitative estimate of drug-likeness (QED) is 0.652. The van der Waals surface area contributed by atoms with E-state index in [1.807, 2.05) is 19.4 Å². The van der Waals surface area contributed by atoms with Crippen molar-refractivity contribution in [3.63, 3.8) is 0 Å². The number of rotatable bonds is 5. The molecular formula is C16H23N5. The molecule has 1 heterocycles. The molecule has 0 radical (unpaired) electrons. The van der Waals surface area contributed by atoms with Crippen LogP contribution < -0.4 is 10.6 Å². The molecule has 0 saturated carbocycles. The van der Waals surface area contributed by atoms with Crippen molar-refractivity contribution in [2.75, 3.05) is 6.54 Å². The minimum atomic E-state index is 0.622. The average Bonchev–Trinajstić information content (AvgIpc) is 2.89. The van der Waals surface area contributed by atoms with Crippen molar-refractivity contribution in [2.24, 2.45) is 12.0 Å². The van der Waals surface area contributed by atoms with E-state index in [-0.39, 0.29) is 0 Å². The molecule has 5 nitrogen and oxygen atoms in total. The zero-order chi connectivity index (χ0) is 15.1. The van der Waals surface area contributed by atoms with Gasteiger partial charge in [-0.2, -0.15) is 5.10 Å². The molecule has 0 spiro atoms. The average molecular weight is 285 g/mol. The van der Waals surface area contributed by atoms with E-state index in [2.05, 4.69) is 58.8 Å². The van der Waals surface area contributed by atoms with Gasteiger partial charge in [-0.3, -0.25) is 4.68 Å². The molecule has 2 rings (SSSR count). The molecule has 112 valence electrons. The molecule has 0 atom stereocenters. The summed E-state index contributed by atoms with van der Waals surface area (Å²) in [5.41, 5.74) is 3.67. The van der Waals surface area contributed by atoms with Gasteiger partial charge in [0.2, 0.25) is 0 Å². The normalized spacial score (nSPS) is 11.5. The Bertz CT molecular complexity index is 600. The van der Waals surface area contributed by atoms with Gasteiger partial charge in [0.25, 0.3) is 0 Å².